The molecule has 1 fully saturated rings. The fourth-order valence-corrected chi connectivity index (χ4v) is 1.96. The normalized spacial score (nSPS) is 16.8. The number of hydrogen-bond acceptors (Lipinski definition) is 4. The maximum absolute atomic E-state index is 13.3. The zero-order chi connectivity index (χ0) is 13.0. The summed E-state index contributed by atoms with van der Waals surface area (Å²) in [6.07, 6.45) is 0. The van der Waals surface area contributed by atoms with Crippen molar-refractivity contribution in [1.29, 1.82) is 0 Å². The van der Waals surface area contributed by atoms with Crippen molar-refractivity contribution in [1.82, 2.24) is 4.90 Å². The average Bonchev–Trinajstić information content (AvgIpc) is 2.36. The summed E-state index contributed by atoms with van der Waals surface area (Å²) in [5, 5.41) is -0.0221. The van der Waals surface area contributed by atoms with Crippen molar-refractivity contribution >= 4 is 17.3 Å². The second-order valence-electron chi connectivity index (χ2n) is 4.12. The van der Waals surface area contributed by atoms with Crippen molar-refractivity contribution in [2.45, 2.75) is 0 Å². The van der Waals surface area contributed by atoms with Crippen LogP contribution in [0.3, 0.4) is 0 Å². The van der Waals surface area contributed by atoms with Crippen LogP contribution < -0.4 is 10.5 Å². The smallest absolute Gasteiger partial charge is 0.147 e. The number of morpholine rings is 1. The second kappa shape index (κ2) is 6.22. The van der Waals surface area contributed by atoms with Crippen LogP contribution in [0, 0.1) is 5.82 Å². The maximum atomic E-state index is 13.3. The lowest BCUT2D eigenvalue weighted by atomic mass is 10.3. The predicted octanol–water partition coefficient (Wildman–Crippen LogP) is 1.77. The molecule has 0 radical (unpaired) electrons. The van der Waals surface area contributed by atoms with Gasteiger partial charge in [0.2, 0.25) is 0 Å². The highest BCUT2D eigenvalue weighted by atomic mass is 35.5. The number of halogens is 2. The minimum absolute atomic E-state index is 0.0221. The number of rotatable bonds is 4. The molecule has 0 aromatic heterocycles. The quantitative estimate of drug-likeness (QED) is 0.850. The van der Waals surface area contributed by atoms with Crippen molar-refractivity contribution < 1.29 is 13.9 Å². The van der Waals surface area contributed by atoms with Gasteiger partial charge in [0.1, 0.15) is 23.2 Å². The Morgan fingerprint density at radius 1 is 1.39 bits per heavy atom. The van der Waals surface area contributed by atoms with E-state index in [-0.39, 0.29) is 5.02 Å². The molecule has 0 unspecified atom stereocenters. The third-order valence-corrected chi connectivity index (χ3v) is 3.15. The monoisotopic (exact) mass is 274 g/mol. The highest BCUT2D eigenvalue weighted by Gasteiger charge is 2.12. The summed E-state index contributed by atoms with van der Waals surface area (Å²) in [6, 6.07) is 2.71. The molecule has 1 saturated heterocycles. The van der Waals surface area contributed by atoms with E-state index in [9.17, 15) is 4.39 Å². The van der Waals surface area contributed by atoms with Gasteiger partial charge in [0.05, 0.1) is 13.2 Å². The molecule has 4 nitrogen and oxygen atoms in total. The van der Waals surface area contributed by atoms with Crippen molar-refractivity contribution in [2.24, 2.45) is 0 Å². The summed E-state index contributed by atoms with van der Waals surface area (Å²) in [4.78, 5) is 2.22. The van der Waals surface area contributed by atoms with Gasteiger partial charge < -0.3 is 15.2 Å². The second-order valence-corrected chi connectivity index (χ2v) is 4.50. The molecular weight excluding hydrogens is 259 g/mol. The van der Waals surface area contributed by atoms with Gasteiger partial charge in [-0.05, 0) is 6.07 Å². The van der Waals surface area contributed by atoms with Gasteiger partial charge in [-0.25, -0.2) is 4.39 Å². The Morgan fingerprint density at radius 3 is 2.83 bits per heavy atom. The molecule has 1 aliphatic rings. The lowest BCUT2D eigenvalue weighted by Crippen LogP contribution is -2.38. The molecule has 2 rings (SSSR count). The number of hydrogen-bond donors (Lipinski definition) is 1. The van der Waals surface area contributed by atoms with E-state index in [0.29, 0.717) is 18.0 Å². The molecule has 1 aromatic rings. The number of benzene rings is 1. The highest BCUT2D eigenvalue weighted by Crippen LogP contribution is 2.29. The highest BCUT2D eigenvalue weighted by molar-refractivity contribution is 6.32. The number of nitrogen functional groups attached to an aromatic ring is 1. The van der Waals surface area contributed by atoms with Gasteiger partial charge in [-0.3, -0.25) is 4.90 Å². The summed E-state index contributed by atoms with van der Waals surface area (Å²) >= 11 is 5.80. The molecule has 6 heteroatoms. The zero-order valence-electron chi connectivity index (χ0n) is 9.99. The van der Waals surface area contributed by atoms with Crippen molar-refractivity contribution in [2.75, 3.05) is 45.2 Å². The Morgan fingerprint density at radius 2 is 2.11 bits per heavy atom. The van der Waals surface area contributed by atoms with Gasteiger partial charge in [-0.15, -0.1) is 0 Å². The lowest BCUT2D eigenvalue weighted by Gasteiger charge is -2.26. The lowest BCUT2D eigenvalue weighted by molar-refractivity contribution is 0.0322. The Balaban J connectivity index is 1.86. The summed E-state index contributed by atoms with van der Waals surface area (Å²) in [6.45, 7) is 4.48. The SMILES string of the molecule is Nc1cc(F)c(Cl)c(OCCN2CCOCC2)c1. The first kappa shape index (κ1) is 13.4. The van der Waals surface area contributed by atoms with Crippen LogP contribution in [-0.2, 0) is 4.74 Å². The van der Waals surface area contributed by atoms with E-state index in [2.05, 4.69) is 4.90 Å². The van der Waals surface area contributed by atoms with Gasteiger partial charge in [0.15, 0.2) is 0 Å². The van der Waals surface area contributed by atoms with Crippen molar-refractivity contribution in [3.8, 4) is 5.75 Å². The molecule has 1 aromatic carbocycles. The number of nitrogens with zero attached hydrogens (tertiary/aromatic N) is 1. The minimum atomic E-state index is -0.557. The van der Waals surface area contributed by atoms with Crippen LogP contribution in [0.4, 0.5) is 10.1 Å². The fourth-order valence-electron chi connectivity index (χ4n) is 1.80. The van der Waals surface area contributed by atoms with Gasteiger partial charge >= 0.3 is 0 Å². The summed E-state index contributed by atoms with van der Waals surface area (Å²) in [5.74, 6) is -0.263. The first-order valence-corrected chi connectivity index (χ1v) is 6.22. The maximum Gasteiger partial charge on any atom is 0.147 e. The Hall–Kier alpha value is -1.04. The minimum Gasteiger partial charge on any atom is -0.491 e. The summed E-state index contributed by atoms with van der Waals surface area (Å²) in [5.41, 5.74) is 5.84. The van der Waals surface area contributed by atoms with Crippen LogP contribution in [-0.4, -0.2) is 44.4 Å². The molecule has 1 aliphatic heterocycles. The first-order chi connectivity index (χ1) is 8.66. The standard InChI is InChI=1S/C12H16ClFN2O2/c13-12-10(14)7-9(15)8-11(12)18-6-3-16-1-4-17-5-2-16/h7-8H,1-6,15H2. The Kier molecular flexibility index (Phi) is 4.63. The van der Waals surface area contributed by atoms with Crippen molar-refractivity contribution in [3.63, 3.8) is 0 Å². The molecule has 0 atom stereocenters. The third-order valence-electron chi connectivity index (χ3n) is 2.79. The number of nitrogens with two attached hydrogens (primary N) is 1. The molecule has 0 aliphatic carbocycles. The van der Waals surface area contributed by atoms with E-state index in [4.69, 9.17) is 26.8 Å². The molecule has 2 N–H and O–H groups in total. The van der Waals surface area contributed by atoms with Gasteiger partial charge in [-0.1, -0.05) is 11.6 Å². The molecule has 0 amide bonds. The molecule has 18 heavy (non-hydrogen) atoms. The largest absolute Gasteiger partial charge is 0.491 e. The van der Waals surface area contributed by atoms with Crippen LogP contribution in [0.2, 0.25) is 5.02 Å². The average molecular weight is 275 g/mol. The molecular formula is C12H16ClFN2O2. The van der Waals surface area contributed by atoms with Gasteiger partial charge in [-0.2, -0.15) is 0 Å². The predicted molar refractivity (Wildman–Crippen MR) is 68.6 cm³/mol. The molecule has 0 spiro atoms. The summed E-state index contributed by atoms with van der Waals surface area (Å²) < 4.78 is 24.0. The van der Waals surface area contributed by atoms with Crippen LogP contribution in [0.5, 0.6) is 5.75 Å². The Bertz CT molecular complexity index is 411. The summed E-state index contributed by atoms with van der Waals surface area (Å²) in [7, 11) is 0. The van der Waals surface area contributed by atoms with E-state index >= 15 is 0 Å². The van der Waals surface area contributed by atoms with Crippen LogP contribution in [0.15, 0.2) is 12.1 Å². The molecule has 0 saturated carbocycles. The first-order valence-electron chi connectivity index (χ1n) is 5.84. The fraction of sp³-hybridized carbons (Fsp3) is 0.500. The van der Waals surface area contributed by atoms with Gasteiger partial charge in [0.25, 0.3) is 0 Å². The molecule has 1 heterocycles. The number of anilines is 1. The van der Waals surface area contributed by atoms with E-state index in [1.807, 2.05) is 0 Å². The van der Waals surface area contributed by atoms with E-state index in [1.165, 1.54) is 12.1 Å². The van der Waals surface area contributed by atoms with Crippen LogP contribution in [0.1, 0.15) is 0 Å². The van der Waals surface area contributed by atoms with Crippen molar-refractivity contribution in [3.05, 3.63) is 23.0 Å². The van der Waals surface area contributed by atoms with E-state index < -0.39 is 5.82 Å². The Labute approximate surface area is 110 Å². The van der Waals surface area contributed by atoms with Gasteiger partial charge in [0, 0.05) is 31.4 Å². The molecule has 100 valence electrons. The molecule has 0 bridgehead atoms. The third kappa shape index (κ3) is 3.48. The van der Waals surface area contributed by atoms with Crippen LogP contribution in [0.25, 0.3) is 0 Å². The van der Waals surface area contributed by atoms with E-state index in [1.54, 1.807) is 0 Å². The van der Waals surface area contributed by atoms with Crippen LogP contribution >= 0.6 is 11.6 Å². The number of ether oxygens (including phenoxy) is 2. The topological polar surface area (TPSA) is 47.7 Å². The van der Waals surface area contributed by atoms with E-state index in [0.717, 1.165) is 32.8 Å². The zero-order valence-corrected chi connectivity index (χ0v) is 10.8.